The highest BCUT2D eigenvalue weighted by Gasteiger charge is 2.39. The highest BCUT2D eigenvalue weighted by molar-refractivity contribution is 5.69. The number of halogens is 4. The third kappa shape index (κ3) is 2.75. The lowest BCUT2D eigenvalue weighted by molar-refractivity contribution is 0.0366. The molecule has 2 aliphatic rings. The SMILES string of the molecule is FCC(CF)(CF)N1C=C2C=C(c3cccc(F)c3)NN2CC1. The second-order valence-electron chi connectivity index (χ2n) is 5.70. The van der Waals surface area contributed by atoms with E-state index in [0.717, 1.165) is 0 Å². The van der Waals surface area contributed by atoms with E-state index in [1.807, 2.05) is 0 Å². The Kier molecular flexibility index (Phi) is 4.19. The van der Waals surface area contributed by atoms with Crippen molar-refractivity contribution < 1.29 is 17.6 Å². The number of nitrogens with zero attached hydrogens (tertiary/aromatic N) is 2. The number of hydrogen-bond donors (Lipinski definition) is 1. The quantitative estimate of drug-likeness (QED) is 0.839. The first kappa shape index (κ1) is 15.7. The van der Waals surface area contributed by atoms with E-state index >= 15 is 0 Å². The number of rotatable bonds is 5. The summed E-state index contributed by atoms with van der Waals surface area (Å²) in [7, 11) is 0. The van der Waals surface area contributed by atoms with E-state index in [0.29, 0.717) is 30.0 Å². The van der Waals surface area contributed by atoms with Crippen LogP contribution >= 0.6 is 0 Å². The molecule has 0 amide bonds. The van der Waals surface area contributed by atoms with Crippen LogP contribution in [-0.2, 0) is 0 Å². The summed E-state index contributed by atoms with van der Waals surface area (Å²) in [6.45, 7) is -2.57. The van der Waals surface area contributed by atoms with E-state index in [4.69, 9.17) is 0 Å². The molecule has 124 valence electrons. The fourth-order valence-electron chi connectivity index (χ4n) is 2.71. The van der Waals surface area contributed by atoms with Gasteiger partial charge < -0.3 is 4.90 Å². The van der Waals surface area contributed by atoms with Gasteiger partial charge in [-0.1, -0.05) is 12.1 Å². The van der Waals surface area contributed by atoms with Crippen LogP contribution in [0.25, 0.3) is 5.70 Å². The first-order valence-corrected chi connectivity index (χ1v) is 7.30. The van der Waals surface area contributed by atoms with Crippen LogP contribution in [-0.4, -0.2) is 48.6 Å². The van der Waals surface area contributed by atoms with Crippen LogP contribution in [0.3, 0.4) is 0 Å². The van der Waals surface area contributed by atoms with E-state index < -0.39 is 25.6 Å². The molecular formula is C16H17F4N3. The minimum absolute atomic E-state index is 0.290. The van der Waals surface area contributed by atoms with E-state index in [2.05, 4.69) is 5.43 Å². The molecule has 1 aromatic carbocycles. The lowest BCUT2D eigenvalue weighted by Gasteiger charge is -2.42. The number of alkyl halides is 3. The molecule has 3 rings (SSSR count). The minimum Gasteiger partial charge on any atom is -0.361 e. The largest absolute Gasteiger partial charge is 0.361 e. The first-order chi connectivity index (χ1) is 11.1. The Morgan fingerprint density at radius 3 is 2.48 bits per heavy atom. The van der Waals surface area contributed by atoms with E-state index in [9.17, 15) is 17.6 Å². The summed E-state index contributed by atoms with van der Waals surface area (Å²) in [6.07, 6.45) is 3.29. The standard InChI is InChI=1S/C16H17F4N3/c17-9-16(10-18,11-19)22-4-5-23-14(8-22)7-15(21-23)12-2-1-3-13(20)6-12/h1-3,6-8,21H,4-5,9-11H2. The van der Waals surface area contributed by atoms with Gasteiger partial charge in [-0.3, -0.25) is 10.4 Å². The normalized spacial score (nSPS) is 17.6. The fourth-order valence-corrected chi connectivity index (χ4v) is 2.71. The van der Waals surface area contributed by atoms with Crippen molar-refractivity contribution >= 4 is 5.70 Å². The number of fused-ring (bicyclic) bond motifs is 1. The summed E-state index contributed by atoms with van der Waals surface area (Å²) in [5, 5.41) is 1.79. The molecule has 2 heterocycles. The van der Waals surface area contributed by atoms with Crippen LogP contribution in [0.2, 0.25) is 0 Å². The highest BCUT2D eigenvalue weighted by atomic mass is 19.2. The molecule has 0 saturated carbocycles. The molecule has 1 aromatic rings. The lowest BCUT2D eigenvalue weighted by Crippen LogP contribution is -2.56. The van der Waals surface area contributed by atoms with Gasteiger partial charge in [-0.15, -0.1) is 0 Å². The predicted molar refractivity (Wildman–Crippen MR) is 79.7 cm³/mol. The van der Waals surface area contributed by atoms with E-state index in [1.165, 1.54) is 17.0 Å². The lowest BCUT2D eigenvalue weighted by atomic mass is 10.0. The van der Waals surface area contributed by atoms with Crippen molar-refractivity contribution in [2.75, 3.05) is 33.1 Å². The van der Waals surface area contributed by atoms with Gasteiger partial charge in [0.05, 0.1) is 17.9 Å². The maximum atomic E-state index is 13.3. The number of hydrazine groups is 1. The van der Waals surface area contributed by atoms with Crippen LogP contribution in [0.15, 0.2) is 42.2 Å². The summed E-state index contributed by atoms with van der Waals surface area (Å²) in [5.74, 6) is -0.350. The third-order valence-electron chi connectivity index (χ3n) is 4.20. The summed E-state index contributed by atoms with van der Waals surface area (Å²) in [5.41, 5.74) is 3.37. The molecule has 1 N–H and O–H groups in total. The van der Waals surface area contributed by atoms with Gasteiger partial charge in [0.15, 0.2) is 0 Å². The second kappa shape index (κ2) is 6.14. The van der Waals surface area contributed by atoms with Crippen molar-refractivity contribution in [3.05, 3.63) is 53.6 Å². The number of benzene rings is 1. The number of hydrogen-bond acceptors (Lipinski definition) is 3. The Morgan fingerprint density at radius 2 is 1.83 bits per heavy atom. The average molecular weight is 327 g/mol. The number of nitrogens with one attached hydrogen (secondary N) is 1. The van der Waals surface area contributed by atoms with Gasteiger partial charge in [0.2, 0.25) is 0 Å². The van der Waals surface area contributed by atoms with Crippen molar-refractivity contribution in [1.29, 1.82) is 0 Å². The summed E-state index contributed by atoms with van der Waals surface area (Å²) in [4.78, 5) is 1.38. The molecule has 0 atom stereocenters. The zero-order valence-corrected chi connectivity index (χ0v) is 12.4. The van der Waals surface area contributed by atoms with Crippen LogP contribution < -0.4 is 5.43 Å². The van der Waals surface area contributed by atoms with Crippen molar-refractivity contribution in [3.63, 3.8) is 0 Å². The van der Waals surface area contributed by atoms with E-state index in [-0.39, 0.29) is 5.82 Å². The second-order valence-corrected chi connectivity index (χ2v) is 5.70. The zero-order chi connectivity index (χ0) is 16.4. The molecule has 0 aliphatic carbocycles. The Balaban J connectivity index is 1.88. The number of allylic oxidation sites excluding steroid dienone is 1. The molecule has 0 fully saturated rings. The van der Waals surface area contributed by atoms with Gasteiger partial charge in [-0.25, -0.2) is 17.6 Å². The molecular weight excluding hydrogens is 310 g/mol. The molecule has 0 bridgehead atoms. The summed E-state index contributed by atoms with van der Waals surface area (Å²) < 4.78 is 52.9. The predicted octanol–water partition coefficient (Wildman–Crippen LogP) is 2.79. The van der Waals surface area contributed by atoms with E-state index in [1.54, 1.807) is 29.4 Å². The monoisotopic (exact) mass is 327 g/mol. The summed E-state index contributed by atoms with van der Waals surface area (Å²) >= 11 is 0. The van der Waals surface area contributed by atoms with Crippen molar-refractivity contribution in [2.24, 2.45) is 0 Å². The van der Waals surface area contributed by atoms with Gasteiger partial charge >= 0.3 is 0 Å². The molecule has 3 nitrogen and oxygen atoms in total. The maximum absolute atomic E-state index is 13.3. The van der Waals surface area contributed by atoms with Crippen LogP contribution in [0, 0.1) is 5.82 Å². The van der Waals surface area contributed by atoms with Crippen molar-refractivity contribution in [1.82, 2.24) is 15.3 Å². The van der Waals surface area contributed by atoms with Gasteiger partial charge in [0, 0.05) is 18.3 Å². The fraction of sp³-hybridized carbons (Fsp3) is 0.375. The smallest absolute Gasteiger partial charge is 0.125 e. The Labute approximate surface area is 131 Å². The van der Waals surface area contributed by atoms with Gasteiger partial charge in [0.25, 0.3) is 0 Å². The van der Waals surface area contributed by atoms with Crippen molar-refractivity contribution in [3.8, 4) is 0 Å². The Morgan fingerprint density at radius 1 is 1.09 bits per heavy atom. The Bertz CT molecular complexity index is 632. The molecule has 0 radical (unpaired) electrons. The molecule has 0 saturated heterocycles. The molecule has 7 heteroatoms. The first-order valence-electron chi connectivity index (χ1n) is 7.30. The van der Waals surface area contributed by atoms with Gasteiger partial charge in [-0.05, 0) is 18.2 Å². The van der Waals surface area contributed by atoms with Crippen LogP contribution in [0.5, 0.6) is 0 Å². The molecule has 23 heavy (non-hydrogen) atoms. The molecule has 0 unspecified atom stereocenters. The Hall–Kier alpha value is -2.18. The third-order valence-corrected chi connectivity index (χ3v) is 4.20. The maximum Gasteiger partial charge on any atom is 0.125 e. The van der Waals surface area contributed by atoms with Crippen molar-refractivity contribution in [2.45, 2.75) is 5.54 Å². The zero-order valence-electron chi connectivity index (χ0n) is 12.4. The van der Waals surface area contributed by atoms with Gasteiger partial charge in [0.1, 0.15) is 31.4 Å². The average Bonchev–Trinajstić information content (AvgIpc) is 3.00. The molecule has 2 aliphatic heterocycles. The molecule has 0 spiro atoms. The highest BCUT2D eigenvalue weighted by Crippen LogP contribution is 2.29. The van der Waals surface area contributed by atoms with Crippen LogP contribution in [0.1, 0.15) is 5.56 Å². The summed E-state index contributed by atoms with van der Waals surface area (Å²) in [6, 6.07) is 6.11. The van der Waals surface area contributed by atoms with Crippen LogP contribution in [0.4, 0.5) is 17.6 Å². The molecule has 0 aromatic heterocycles. The minimum atomic E-state index is -1.76. The van der Waals surface area contributed by atoms with Gasteiger partial charge in [-0.2, -0.15) is 0 Å². The topological polar surface area (TPSA) is 18.5 Å².